The second-order valence-electron chi connectivity index (χ2n) is 8.82. The Morgan fingerprint density at radius 3 is 2.34 bits per heavy atom. The minimum Gasteiger partial charge on any atom is -0.455 e. The summed E-state index contributed by atoms with van der Waals surface area (Å²) < 4.78 is 8.65. The first-order chi connectivity index (χ1) is 17.3. The molecule has 0 atom stereocenters. The molecule has 3 aromatic heterocycles. The molecular weight excluding hydrogens is 430 g/mol. The van der Waals surface area contributed by atoms with Gasteiger partial charge in [-0.3, -0.25) is 4.57 Å². The monoisotopic (exact) mass is 451 g/mol. The van der Waals surface area contributed by atoms with Gasteiger partial charge >= 0.3 is 0 Å². The number of para-hydroxylation sites is 2. The summed E-state index contributed by atoms with van der Waals surface area (Å²) in [5.74, 6) is 0.817. The Balaban J connectivity index is 1.51. The molecule has 0 radical (unpaired) electrons. The third-order valence-corrected chi connectivity index (χ3v) is 6.50. The lowest BCUT2D eigenvalue weighted by atomic mass is 10.0. The van der Waals surface area contributed by atoms with Crippen LogP contribution in [0.1, 0.15) is 5.56 Å². The van der Waals surface area contributed by atoms with Gasteiger partial charge in [-0.2, -0.15) is 0 Å². The van der Waals surface area contributed by atoms with Crippen molar-refractivity contribution in [2.24, 2.45) is 0 Å². The van der Waals surface area contributed by atoms with E-state index in [1.165, 1.54) is 5.56 Å². The van der Waals surface area contributed by atoms with E-state index in [9.17, 15) is 0 Å². The van der Waals surface area contributed by atoms with Crippen molar-refractivity contribution in [1.29, 1.82) is 0 Å². The number of aryl methyl sites for hydroxylation is 1. The Morgan fingerprint density at radius 2 is 1.51 bits per heavy atom. The van der Waals surface area contributed by atoms with E-state index in [1.54, 1.807) is 0 Å². The van der Waals surface area contributed by atoms with Crippen LogP contribution in [0.3, 0.4) is 0 Å². The topological polar surface area (TPSA) is 43.9 Å². The van der Waals surface area contributed by atoms with Gasteiger partial charge in [0.2, 0.25) is 0 Å². The largest absolute Gasteiger partial charge is 0.455 e. The third-order valence-electron chi connectivity index (χ3n) is 6.50. The van der Waals surface area contributed by atoms with Gasteiger partial charge in [0.1, 0.15) is 16.7 Å². The molecule has 0 saturated carbocycles. The summed E-state index contributed by atoms with van der Waals surface area (Å²) in [6.45, 7) is 2.04. The molecule has 0 aliphatic carbocycles. The average Bonchev–Trinajstić information content (AvgIpc) is 3.47. The Labute approximate surface area is 202 Å². The van der Waals surface area contributed by atoms with Crippen molar-refractivity contribution in [3.05, 3.63) is 115 Å². The number of fused-ring (bicyclic) bond motifs is 4. The van der Waals surface area contributed by atoms with Crippen LogP contribution in [0.5, 0.6) is 0 Å². The highest BCUT2D eigenvalue weighted by Gasteiger charge is 2.20. The maximum Gasteiger partial charge on any atom is 0.164 e. The predicted octanol–water partition coefficient (Wildman–Crippen LogP) is 7.96. The molecule has 4 aromatic carbocycles. The molecule has 166 valence electrons. The molecule has 3 heterocycles. The standard InChI is InChI=1S/C31H21N3O/c1-20-17-27-31(32-19-20)34(23-11-6-3-7-12-23)30(33-27)26-14-8-13-25-24-16-15-22(18-28(24)35-29(25)26)21-9-4-2-5-10-21/h2-19H,1H3. The quantitative estimate of drug-likeness (QED) is 0.274. The van der Waals surface area contributed by atoms with Crippen LogP contribution in [-0.2, 0) is 0 Å². The maximum absolute atomic E-state index is 6.54. The van der Waals surface area contributed by atoms with E-state index in [4.69, 9.17) is 14.4 Å². The van der Waals surface area contributed by atoms with Crippen molar-refractivity contribution in [3.63, 3.8) is 0 Å². The first-order valence-corrected chi connectivity index (χ1v) is 11.7. The van der Waals surface area contributed by atoms with Crippen molar-refractivity contribution in [3.8, 4) is 28.2 Å². The Hall–Kier alpha value is -4.70. The molecule has 0 amide bonds. The fourth-order valence-electron chi connectivity index (χ4n) is 4.85. The third kappa shape index (κ3) is 3.15. The van der Waals surface area contributed by atoms with Gasteiger partial charge in [0.15, 0.2) is 11.5 Å². The number of pyridine rings is 1. The van der Waals surface area contributed by atoms with Crippen molar-refractivity contribution < 1.29 is 4.42 Å². The number of hydrogen-bond acceptors (Lipinski definition) is 3. The van der Waals surface area contributed by atoms with Gasteiger partial charge in [-0.25, -0.2) is 9.97 Å². The van der Waals surface area contributed by atoms with E-state index in [1.807, 2.05) is 37.4 Å². The molecule has 4 nitrogen and oxygen atoms in total. The van der Waals surface area contributed by atoms with Crippen LogP contribution in [-0.4, -0.2) is 14.5 Å². The van der Waals surface area contributed by atoms with Gasteiger partial charge in [0.25, 0.3) is 0 Å². The molecule has 0 fully saturated rings. The molecule has 0 unspecified atom stereocenters. The number of aromatic nitrogens is 3. The van der Waals surface area contributed by atoms with Crippen LogP contribution in [0.4, 0.5) is 0 Å². The summed E-state index contributed by atoms with van der Waals surface area (Å²) in [5, 5.41) is 2.17. The normalized spacial score (nSPS) is 11.6. The van der Waals surface area contributed by atoms with Gasteiger partial charge in [-0.05, 0) is 60.0 Å². The van der Waals surface area contributed by atoms with Gasteiger partial charge in [0, 0.05) is 22.7 Å². The molecule has 7 aromatic rings. The molecule has 0 bridgehead atoms. The maximum atomic E-state index is 6.54. The molecule has 7 rings (SSSR count). The van der Waals surface area contributed by atoms with Crippen LogP contribution in [0, 0.1) is 6.92 Å². The van der Waals surface area contributed by atoms with E-state index in [0.717, 1.165) is 61.3 Å². The zero-order valence-electron chi connectivity index (χ0n) is 19.1. The smallest absolute Gasteiger partial charge is 0.164 e. The molecular formula is C31H21N3O. The molecule has 0 aliphatic rings. The highest BCUT2D eigenvalue weighted by molar-refractivity contribution is 6.10. The number of benzene rings is 4. The van der Waals surface area contributed by atoms with E-state index in [2.05, 4.69) is 83.4 Å². The summed E-state index contributed by atoms with van der Waals surface area (Å²) in [6, 6.07) is 35.4. The molecule has 0 N–H and O–H groups in total. The number of hydrogen-bond donors (Lipinski definition) is 0. The molecule has 0 spiro atoms. The van der Waals surface area contributed by atoms with Crippen molar-refractivity contribution in [2.45, 2.75) is 6.92 Å². The Kier molecular flexibility index (Phi) is 4.33. The van der Waals surface area contributed by atoms with E-state index in [-0.39, 0.29) is 0 Å². The van der Waals surface area contributed by atoms with Gasteiger partial charge < -0.3 is 4.42 Å². The van der Waals surface area contributed by atoms with Gasteiger partial charge in [-0.15, -0.1) is 0 Å². The number of furan rings is 1. The van der Waals surface area contributed by atoms with Crippen LogP contribution in [0.2, 0.25) is 0 Å². The Morgan fingerprint density at radius 1 is 0.714 bits per heavy atom. The summed E-state index contributed by atoms with van der Waals surface area (Å²) in [6.07, 6.45) is 1.89. The first kappa shape index (κ1) is 19.7. The van der Waals surface area contributed by atoms with E-state index < -0.39 is 0 Å². The summed E-state index contributed by atoms with van der Waals surface area (Å²) in [4.78, 5) is 9.79. The van der Waals surface area contributed by atoms with Crippen molar-refractivity contribution >= 4 is 33.1 Å². The van der Waals surface area contributed by atoms with Crippen molar-refractivity contribution in [2.75, 3.05) is 0 Å². The van der Waals surface area contributed by atoms with Crippen LogP contribution in [0.15, 0.2) is 114 Å². The van der Waals surface area contributed by atoms with E-state index >= 15 is 0 Å². The lowest BCUT2D eigenvalue weighted by Crippen LogP contribution is -1.98. The van der Waals surface area contributed by atoms with Crippen LogP contribution < -0.4 is 0 Å². The minimum absolute atomic E-state index is 0.817. The molecule has 4 heteroatoms. The number of nitrogens with zero attached hydrogens (tertiary/aromatic N) is 3. The molecule has 35 heavy (non-hydrogen) atoms. The lowest BCUT2D eigenvalue weighted by Gasteiger charge is -2.09. The SMILES string of the molecule is Cc1cnc2c(c1)nc(-c1cccc3c1oc1cc(-c4ccccc4)ccc13)n2-c1ccccc1. The first-order valence-electron chi connectivity index (χ1n) is 11.7. The summed E-state index contributed by atoms with van der Waals surface area (Å²) in [5.41, 5.74) is 8.73. The second kappa shape index (κ2) is 7.67. The van der Waals surface area contributed by atoms with E-state index in [0.29, 0.717) is 0 Å². The fourth-order valence-corrected chi connectivity index (χ4v) is 4.85. The Bertz CT molecular complexity index is 1850. The highest BCUT2D eigenvalue weighted by atomic mass is 16.3. The summed E-state index contributed by atoms with van der Waals surface area (Å²) >= 11 is 0. The average molecular weight is 452 g/mol. The van der Waals surface area contributed by atoms with Crippen LogP contribution in [0.25, 0.3) is 61.3 Å². The summed E-state index contributed by atoms with van der Waals surface area (Å²) in [7, 11) is 0. The zero-order chi connectivity index (χ0) is 23.4. The van der Waals surface area contributed by atoms with Crippen molar-refractivity contribution in [1.82, 2.24) is 14.5 Å². The van der Waals surface area contributed by atoms with Crippen LogP contribution >= 0.6 is 0 Å². The minimum atomic E-state index is 0.817. The predicted molar refractivity (Wildman–Crippen MR) is 142 cm³/mol. The van der Waals surface area contributed by atoms with Gasteiger partial charge in [0.05, 0.1) is 5.56 Å². The fraction of sp³-hybridized carbons (Fsp3) is 0.0323. The van der Waals surface area contributed by atoms with Gasteiger partial charge in [-0.1, -0.05) is 66.7 Å². The number of rotatable bonds is 3. The molecule has 0 aliphatic heterocycles. The zero-order valence-corrected chi connectivity index (χ0v) is 19.1. The molecule has 0 saturated heterocycles. The number of imidazole rings is 1. The second-order valence-corrected chi connectivity index (χ2v) is 8.82. The highest BCUT2D eigenvalue weighted by Crippen LogP contribution is 2.38. The lowest BCUT2D eigenvalue weighted by molar-refractivity contribution is 0.669.